The molecule has 0 aliphatic rings. The predicted octanol–water partition coefficient (Wildman–Crippen LogP) is 4.93. The summed E-state index contributed by atoms with van der Waals surface area (Å²) in [5, 5.41) is 6.70. The minimum Gasteiger partial charge on any atom is -0.497 e. The number of pyridine rings is 1. The lowest BCUT2D eigenvalue weighted by atomic mass is 10.1. The number of rotatable bonds is 4. The molecule has 0 aliphatic heterocycles. The number of aromatic nitrogens is 2. The Hall–Kier alpha value is -3.25. The van der Waals surface area contributed by atoms with Gasteiger partial charge in [-0.15, -0.1) is 11.3 Å². The number of anilines is 1. The van der Waals surface area contributed by atoms with Crippen molar-refractivity contribution in [3.05, 3.63) is 71.4 Å². The van der Waals surface area contributed by atoms with E-state index in [1.807, 2.05) is 60.8 Å². The van der Waals surface area contributed by atoms with Gasteiger partial charge in [0, 0.05) is 28.2 Å². The van der Waals surface area contributed by atoms with E-state index >= 15 is 0 Å². The maximum absolute atomic E-state index is 12.8. The van der Waals surface area contributed by atoms with Crippen LogP contribution in [0, 0.1) is 6.92 Å². The first-order valence-electron chi connectivity index (χ1n) is 8.41. The number of fused-ring (bicyclic) bond motifs is 1. The third-order valence-corrected chi connectivity index (χ3v) is 5.10. The Kier molecular flexibility index (Phi) is 4.56. The number of hydrogen-bond acceptors (Lipinski definition) is 5. The van der Waals surface area contributed by atoms with Crippen LogP contribution in [0.1, 0.15) is 16.1 Å². The van der Waals surface area contributed by atoms with Crippen molar-refractivity contribution >= 4 is 33.8 Å². The zero-order valence-corrected chi connectivity index (χ0v) is 15.7. The third-order valence-electron chi connectivity index (χ3n) is 4.28. The Balaban J connectivity index is 1.59. The first-order chi connectivity index (χ1) is 13.1. The van der Waals surface area contributed by atoms with Crippen LogP contribution in [0.3, 0.4) is 0 Å². The number of aryl methyl sites for hydroxylation is 1. The van der Waals surface area contributed by atoms with Crippen LogP contribution in [-0.4, -0.2) is 23.0 Å². The number of amides is 1. The maximum atomic E-state index is 12.8. The predicted molar refractivity (Wildman–Crippen MR) is 109 cm³/mol. The van der Waals surface area contributed by atoms with Crippen LogP contribution in [-0.2, 0) is 0 Å². The standard InChI is InChI=1S/C21H17N3O2S/c1-13-18(12-15-11-17(26-2)7-8-19(15)23-13)20(25)24-16-5-3-14(4-6-16)21-22-9-10-27-21/h3-12H,1-2H3,(H,24,25). The molecule has 0 bridgehead atoms. The molecule has 5 nitrogen and oxygen atoms in total. The summed E-state index contributed by atoms with van der Waals surface area (Å²) in [5.41, 5.74) is 3.81. The summed E-state index contributed by atoms with van der Waals surface area (Å²) in [6, 6.07) is 15.1. The number of thiazole rings is 1. The lowest BCUT2D eigenvalue weighted by Gasteiger charge is -2.10. The molecule has 4 aromatic rings. The SMILES string of the molecule is COc1ccc2nc(C)c(C(=O)Nc3ccc(-c4nccs4)cc3)cc2c1. The average molecular weight is 375 g/mol. The van der Waals surface area contributed by atoms with Gasteiger partial charge in [0.05, 0.1) is 23.9 Å². The summed E-state index contributed by atoms with van der Waals surface area (Å²) < 4.78 is 5.26. The number of nitrogens with one attached hydrogen (secondary N) is 1. The number of carbonyl (C=O) groups is 1. The Morgan fingerprint density at radius 1 is 1.11 bits per heavy atom. The summed E-state index contributed by atoms with van der Waals surface area (Å²) in [5.74, 6) is 0.545. The summed E-state index contributed by atoms with van der Waals surface area (Å²) in [6.07, 6.45) is 1.78. The van der Waals surface area contributed by atoms with E-state index in [1.54, 1.807) is 24.6 Å². The van der Waals surface area contributed by atoms with Gasteiger partial charge in [-0.3, -0.25) is 9.78 Å². The minimum absolute atomic E-state index is 0.188. The quantitative estimate of drug-likeness (QED) is 0.549. The van der Waals surface area contributed by atoms with E-state index in [0.717, 1.165) is 32.9 Å². The molecule has 0 saturated carbocycles. The molecule has 2 aromatic heterocycles. The number of ether oxygens (including phenoxy) is 1. The zero-order valence-electron chi connectivity index (χ0n) is 14.9. The first-order valence-corrected chi connectivity index (χ1v) is 9.29. The van der Waals surface area contributed by atoms with Crippen LogP contribution in [0.4, 0.5) is 5.69 Å². The minimum atomic E-state index is -0.188. The highest BCUT2D eigenvalue weighted by molar-refractivity contribution is 7.13. The van der Waals surface area contributed by atoms with Crippen LogP contribution in [0.25, 0.3) is 21.5 Å². The fourth-order valence-electron chi connectivity index (χ4n) is 2.87. The molecule has 134 valence electrons. The van der Waals surface area contributed by atoms with Crippen LogP contribution >= 0.6 is 11.3 Å². The van der Waals surface area contributed by atoms with Crippen LogP contribution in [0.2, 0.25) is 0 Å². The molecular formula is C21H17N3O2S. The number of nitrogens with zero attached hydrogens (tertiary/aromatic N) is 2. The number of carbonyl (C=O) groups excluding carboxylic acids is 1. The average Bonchev–Trinajstić information content (AvgIpc) is 3.22. The number of benzene rings is 2. The molecule has 0 fully saturated rings. The molecule has 4 rings (SSSR count). The lowest BCUT2D eigenvalue weighted by Crippen LogP contribution is -2.14. The van der Waals surface area contributed by atoms with Gasteiger partial charge in [0.25, 0.3) is 5.91 Å². The van der Waals surface area contributed by atoms with Gasteiger partial charge in [-0.05, 0) is 55.5 Å². The van der Waals surface area contributed by atoms with Gasteiger partial charge in [0.1, 0.15) is 10.8 Å². The normalized spacial score (nSPS) is 10.7. The van der Waals surface area contributed by atoms with Gasteiger partial charge < -0.3 is 10.1 Å². The molecular weight excluding hydrogens is 358 g/mol. The van der Waals surface area contributed by atoms with Gasteiger partial charge in [-0.1, -0.05) is 0 Å². The van der Waals surface area contributed by atoms with Gasteiger partial charge in [0.2, 0.25) is 0 Å². The van der Waals surface area contributed by atoms with Crippen molar-refractivity contribution in [3.8, 4) is 16.3 Å². The maximum Gasteiger partial charge on any atom is 0.257 e. The van der Waals surface area contributed by atoms with Crippen LogP contribution in [0.5, 0.6) is 5.75 Å². The summed E-state index contributed by atoms with van der Waals surface area (Å²) in [6.45, 7) is 1.84. The van der Waals surface area contributed by atoms with Crippen molar-refractivity contribution in [3.63, 3.8) is 0 Å². The number of methoxy groups -OCH3 is 1. The molecule has 0 unspecified atom stereocenters. The van der Waals surface area contributed by atoms with E-state index < -0.39 is 0 Å². The fraction of sp³-hybridized carbons (Fsp3) is 0.0952. The molecule has 0 atom stereocenters. The third kappa shape index (κ3) is 3.52. The van der Waals surface area contributed by atoms with E-state index in [4.69, 9.17) is 4.74 Å². The van der Waals surface area contributed by atoms with Crippen molar-refractivity contribution in [1.29, 1.82) is 0 Å². The Labute approximate surface area is 160 Å². The molecule has 2 heterocycles. The van der Waals surface area contributed by atoms with Crippen molar-refractivity contribution in [2.24, 2.45) is 0 Å². The molecule has 2 aromatic carbocycles. The monoisotopic (exact) mass is 375 g/mol. The highest BCUT2D eigenvalue weighted by Gasteiger charge is 2.13. The Morgan fingerprint density at radius 2 is 1.93 bits per heavy atom. The zero-order chi connectivity index (χ0) is 18.8. The Morgan fingerprint density at radius 3 is 2.63 bits per heavy atom. The second-order valence-corrected chi connectivity index (χ2v) is 6.94. The molecule has 0 spiro atoms. The summed E-state index contributed by atoms with van der Waals surface area (Å²) in [7, 11) is 1.62. The van der Waals surface area contributed by atoms with Crippen molar-refractivity contribution in [2.75, 3.05) is 12.4 Å². The highest BCUT2D eigenvalue weighted by atomic mass is 32.1. The van der Waals surface area contributed by atoms with E-state index in [2.05, 4.69) is 15.3 Å². The lowest BCUT2D eigenvalue weighted by molar-refractivity contribution is 0.102. The van der Waals surface area contributed by atoms with Gasteiger partial charge in [-0.25, -0.2) is 4.98 Å². The molecule has 27 heavy (non-hydrogen) atoms. The molecule has 1 amide bonds. The molecule has 0 saturated heterocycles. The van der Waals surface area contributed by atoms with Gasteiger partial charge >= 0.3 is 0 Å². The molecule has 1 N–H and O–H groups in total. The Bertz CT molecular complexity index is 1110. The van der Waals surface area contributed by atoms with E-state index in [-0.39, 0.29) is 5.91 Å². The second-order valence-electron chi connectivity index (χ2n) is 6.05. The smallest absolute Gasteiger partial charge is 0.257 e. The van der Waals surface area contributed by atoms with Crippen molar-refractivity contribution < 1.29 is 9.53 Å². The highest BCUT2D eigenvalue weighted by Crippen LogP contribution is 2.25. The summed E-state index contributed by atoms with van der Waals surface area (Å²) in [4.78, 5) is 21.6. The molecule has 0 aliphatic carbocycles. The van der Waals surface area contributed by atoms with Crippen LogP contribution < -0.4 is 10.1 Å². The molecule has 0 radical (unpaired) electrons. The summed E-state index contributed by atoms with van der Waals surface area (Å²) >= 11 is 1.58. The van der Waals surface area contributed by atoms with Crippen molar-refractivity contribution in [2.45, 2.75) is 6.92 Å². The van der Waals surface area contributed by atoms with Crippen LogP contribution in [0.15, 0.2) is 60.1 Å². The van der Waals surface area contributed by atoms with E-state index in [9.17, 15) is 4.79 Å². The van der Waals surface area contributed by atoms with E-state index in [0.29, 0.717) is 11.3 Å². The molecule has 6 heteroatoms. The fourth-order valence-corrected chi connectivity index (χ4v) is 3.51. The second kappa shape index (κ2) is 7.17. The van der Waals surface area contributed by atoms with Gasteiger partial charge in [-0.2, -0.15) is 0 Å². The largest absolute Gasteiger partial charge is 0.497 e. The van der Waals surface area contributed by atoms with Gasteiger partial charge in [0.15, 0.2) is 0 Å². The topological polar surface area (TPSA) is 64.1 Å². The van der Waals surface area contributed by atoms with Crippen molar-refractivity contribution in [1.82, 2.24) is 9.97 Å². The number of hydrogen-bond donors (Lipinski definition) is 1. The first kappa shape index (κ1) is 17.2. The van der Waals surface area contributed by atoms with E-state index in [1.165, 1.54) is 0 Å².